The summed E-state index contributed by atoms with van der Waals surface area (Å²) in [5, 5.41) is 3.91. The summed E-state index contributed by atoms with van der Waals surface area (Å²) in [6.07, 6.45) is 7.91. The van der Waals surface area contributed by atoms with Crippen molar-refractivity contribution in [2.75, 3.05) is 13.2 Å². The molecule has 6 rings (SSSR count). The average Bonchev–Trinajstić information content (AvgIpc) is 3.80. The number of piperidine rings is 1. The number of carbonyl (C=O) groups is 4. The molecule has 3 fully saturated rings. The van der Waals surface area contributed by atoms with Gasteiger partial charge >= 0.3 is 0 Å². The number of amides is 2. The fraction of sp³-hybridized carbons (Fsp3) is 0.600. The molecule has 2 amide bonds. The number of ether oxygens (including phenoxy) is 1. The van der Waals surface area contributed by atoms with Crippen LogP contribution in [0.3, 0.4) is 0 Å². The topological polar surface area (TPSA) is 97.7 Å². The molecular weight excluding hydrogens is 482 g/mol. The van der Waals surface area contributed by atoms with Crippen molar-refractivity contribution in [3.05, 3.63) is 35.0 Å². The molecule has 4 aliphatic rings. The molecule has 1 N–H and O–H groups in total. The van der Waals surface area contributed by atoms with Crippen molar-refractivity contribution >= 4 is 34.3 Å². The number of nitrogens with one attached hydrogen (secondary N) is 1. The van der Waals surface area contributed by atoms with Gasteiger partial charge in [-0.05, 0) is 68.6 Å². The van der Waals surface area contributed by atoms with Gasteiger partial charge in [0, 0.05) is 54.6 Å². The highest BCUT2D eigenvalue weighted by Crippen LogP contribution is 2.60. The third-order valence-corrected chi connectivity index (χ3v) is 9.04. The summed E-state index contributed by atoms with van der Waals surface area (Å²) in [7, 11) is 0. The number of rotatable bonds is 4. The highest BCUT2D eigenvalue weighted by Gasteiger charge is 2.66. The molecular formula is C30H37N3O5. The number of nitrogens with zero attached hydrogens (tertiary/aromatic N) is 2. The minimum atomic E-state index is -0.414. The van der Waals surface area contributed by atoms with E-state index in [1.165, 1.54) is 5.56 Å². The Bertz CT molecular complexity index is 1320. The molecule has 3 atom stereocenters. The van der Waals surface area contributed by atoms with E-state index >= 15 is 0 Å². The summed E-state index contributed by atoms with van der Waals surface area (Å²) >= 11 is 0. The van der Waals surface area contributed by atoms with E-state index < -0.39 is 6.04 Å². The van der Waals surface area contributed by atoms with Gasteiger partial charge in [-0.2, -0.15) is 0 Å². The Morgan fingerprint density at radius 1 is 1.16 bits per heavy atom. The van der Waals surface area contributed by atoms with Gasteiger partial charge < -0.3 is 19.5 Å². The molecule has 2 saturated carbocycles. The first-order valence-corrected chi connectivity index (χ1v) is 14.2. The minimum Gasteiger partial charge on any atom is -0.381 e. The lowest BCUT2D eigenvalue weighted by Gasteiger charge is -2.27. The Labute approximate surface area is 223 Å². The molecule has 2 aromatic rings. The molecule has 1 aromatic heterocycles. The van der Waals surface area contributed by atoms with Crippen LogP contribution in [0.25, 0.3) is 10.9 Å². The number of benzene rings is 1. The molecule has 8 heteroatoms. The van der Waals surface area contributed by atoms with Crippen LogP contribution in [-0.4, -0.2) is 58.1 Å². The van der Waals surface area contributed by atoms with Gasteiger partial charge in [-0.25, -0.2) is 0 Å². The van der Waals surface area contributed by atoms with Gasteiger partial charge in [-0.1, -0.05) is 13.0 Å². The first kappa shape index (κ1) is 25.3. The third-order valence-electron chi connectivity index (χ3n) is 9.04. The van der Waals surface area contributed by atoms with Crippen molar-refractivity contribution < 1.29 is 23.9 Å². The predicted octanol–water partition coefficient (Wildman–Crippen LogP) is 3.88. The third kappa shape index (κ3) is 4.46. The highest BCUT2D eigenvalue weighted by molar-refractivity contribution is 6.08. The second kappa shape index (κ2) is 9.63. The number of Topliss-reactive ketones (excluding diaryl/α,β-unsaturated/α-hetero) is 2. The van der Waals surface area contributed by atoms with E-state index in [9.17, 15) is 19.2 Å². The van der Waals surface area contributed by atoms with Gasteiger partial charge in [0.05, 0.1) is 18.2 Å². The van der Waals surface area contributed by atoms with Gasteiger partial charge in [0.1, 0.15) is 6.54 Å². The second-order valence-electron chi connectivity index (χ2n) is 11.8. The van der Waals surface area contributed by atoms with Gasteiger partial charge in [-0.15, -0.1) is 0 Å². The van der Waals surface area contributed by atoms with Gasteiger partial charge in [0.2, 0.25) is 11.8 Å². The molecule has 1 saturated heterocycles. The summed E-state index contributed by atoms with van der Waals surface area (Å²) in [5.41, 5.74) is 3.38. The Balaban J connectivity index is 1.42. The molecule has 2 bridgehead atoms. The summed E-state index contributed by atoms with van der Waals surface area (Å²) < 4.78 is 7.88. The lowest BCUT2D eigenvalue weighted by molar-refractivity contribution is -0.139. The standard InChI is InChI=1S/C30H37N3O5/c1-3-25(35)24-12-30-13-26(30)33(24)28(37)16-32-15-23(18(2)34)22-11-20(19-7-8-19)10-21(29(22)32)14-31-27(36)6-4-5-9-38-17-30/h10-11,15,19,24,26H,3-9,12-14,16-17H2,1-2H3,(H,31,36)/t24-,26+,30-/m0/s1. The fourth-order valence-electron chi connectivity index (χ4n) is 6.73. The summed E-state index contributed by atoms with van der Waals surface area (Å²) in [4.78, 5) is 54.0. The fourth-order valence-corrected chi connectivity index (χ4v) is 6.73. The zero-order chi connectivity index (χ0) is 26.6. The van der Waals surface area contributed by atoms with Crippen molar-refractivity contribution in [3.63, 3.8) is 0 Å². The maximum Gasteiger partial charge on any atom is 0.243 e. The normalized spacial score (nSPS) is 28.1. The van der Waals surface area contributed by atoms with Crippen molar-refractivity contribution in [1.29, 1.82) is 0 Å². The number of aromatic nitrogens is 1. The van der Waals surface area contributed by atoms with Crippen LogP contribution < -0.4 is 5.32 Å². The predicted molar refractivity (Wildman–Crippen MR) is 142 cm³/mol. The minimum absolute atomic E-state index is 0.00722. The summed E-state index contributed by atoms with van der Waals surface area (Å²) in [6.45, 7) is 4.91. The maximum atomic E-state index is 13.9. The van der Waals surface area contributed by atoms with Crippen molar-refractivity contribution in [1.82, 2.24) is 14.8 Å². The van der Waals surface area contributed by atoms with Gasteiger partial charge in [0.15, 0.2) is 11.6 Å². The molecule has 38 heavy (non-hydrogen) atoms. The van der Waals surface area contributed by atoms with Crippen LogP contribution in [0, 0.1) is 5.41 Å². The Kier molecular flexibility index (Phi) is 6.41. The van der Waals surface area contributed by atoms with E-state index in [4.69, 9.17) is 4.74 Å². The van der Waals surface area contributed by atoms with Gasteiger partial charge in [0.25, 0.3) is 0 Å². The molecule has 1 aromatic carbocycles. The second-order valence-corrected chi connectivity index (χ2v) is 11.8. The molecule has 0 spiro atoms. The SMILES string of the molecule is CCC(=O)[C@@H]1C[C@]23COCCCCC(=O)NCc4cc(C5CC5)cc5c(C(C)=O)cn(c45)CC(=O)N1[C@@H]2C3. The van der Waals surface area contributed by atoms with Crippen LogP contribution in [0.5, 0.6) is 0 Å². The van der Waals surface area contributed by atoms with E-state index in [0.29, 0.717) is 50.5 Å². The van der Waals surface area contributed by atoms with Crippen LogP contribution in [0.1, 0.15) is 92.6 Å². The lowest BCUT2D eigenvalue weighted by Crippen LogP contribution is -2.44. The van der Waals surface area contributed by atoms with Crippen LogP contribution in [0.4, 0.5) is 0 Å². The monoisotopic (exact) mass is 519 g/mol. The maximum absolute atomic E-state index is 13.9. The molecule has 8 nitrogen and oxygen atoms in total. The number of carbonyl (C=O) groups excluding carboxylic acids is 4. The van der Waals surface area contributed by atoms with Crippen molar-refractivity contribution in [2.24, 2.45) is 5.41 Å². The molecule has 0 unspecified atom stereocenters. The van der Waals surface area contributed by atoms with E-state index in [1.807, 2.05) is 16.4 Å². The van der Waals surface area contributed by atoms with E-state index in [-0.39, 0.29) is 41.4 Å². The zero-order valence-corrected chi connectivity index (χ0v) is 22.4. The van der Waals surface area contributed by atoms with Crippen molar-refractivity contribution in [2.45, 2.75) is 96.3 Å². The van der Waals surface area contributed by atoms with E-state index in [0.717, 1.165) is 48.6 Å². The number of ketones is 2. The molecule has 2 aliphatic carbocycles. The molecule has 3 heterocycles. The summed E-state index contributed by atoms with van der Waals surface area (Å²) in [5.74, 6) is 0.419. The highest BCUT2D eigenvalue weighted by atomic mass is 16.5. The van der Waals surface area contributed by atoms with Gasteiger partial charge in [-0.3, -0.25) is 19.2 Å². The Morgan fingerprint density at radius 2 is 1.97 bits per heavy atom. The average molecular weight is 520 g/mol. The van der Waals surface area contributed by atoms with Crippen LogP contribution in [0.15, 0.2) is 18.3 Å². The zero-order valence-electron chi connectivity index (χ0n) is 22.4. The van der Waals surface area contributed by atoms with E-state index in [1.54, 1.807) is 13.1 Å². The molecule has 0 radical (unpaired) electrons. The number of hydrogen-bond donors (Lipinski definition) is 1. The van der Waals surface area contributed by atoms with Crippen molar-refractivity contribution in [3.8, 4) is 0 Å². The molecule has 202 valence electrons. The first-order valence-electron chi connectivity index (χ1n) is 14.2. The molecule has 2 aliphatic heterocycles. The smallest absolute Gasteiger partial charge is 0.243 e. The number of hydrogen-bond acceptors (Lipinski definition) is 5. The van der Waals surface area contributed by atoms with Crippen LogP contribution in [0.2, 0.25) is 0 Å². The Morgan fingerprint density at radius 3 is 2.71 bits per heavy atom. The van der Waals surface area contributed by atoms with E-state index in [2.05, 4.69) is 17.4 Å². The van der Waals surface area contributed by atoms with Crippen LogP contribution >= 0.6 is 0 Å². The Hall–Kier alpha value is -3.00. The first-order chi connectivity index (χ1) is 18.3. The largest absolute Gasteiger partial charge is 0.381 e. The van der Waals surface area contributed by atoms with Crippen LogP contribution in [-0.2, 0) is 32.2 Å². The lowest BCUT2D eigenvalue weighted by atomic mass is 9.97. The summed E-state index contributed by atoms with van der Waals surface area (Å²) in [6, 6.07) is 3.84. The quantitative estimate of drug-likeness (QED) is 0.619.